The number of benzene rings is 1. The molecule has 2 nitrogen and oxygen atoms in total. The Morgan fingerprint density at radius 3 is 2.23 bits per heavy atom. The summed E-state index contributed by atoms with van der Waals surface area (Å²) in [6.07, 6.45) is 0.215. The molecule has 2 heteroatoms. The van der Waals surface area contributed by atoms with Crippen molar-refractivity contribution in [3.05, 3.63) is 34.9 Å². The Bertz CT molecular complexity index is 263. The first-order chi connectivity index (χ1) is 6.13. The van der Waals surface area contributed by atoms with Gasteiger partial charge in [0.15, 0.2) is 0 Å². The molecule has 1 rings (SSSR count). The van der Waals surface area contributed by atoms with Crippen molar-refractivity contribution in [2.75, 3.05) is 6.54 Å². The Balaban J connectivity index is 2.87. The van der Waals surface area contributed by atoms with Crippen LogP contribution in [0.2, 0.25) is 0 Å². The number of hydrogen-bond acceptors (Lipinski definition) is 2. The molecule has 0 aliphatic rings. The highest BCUT2D eigenvalue weighted by Gasteiger charge is 2.06. The van der Waals surface area contributed by atoms with Crippen LogP contribution in [0.4, 0.5) is 0 Å². The van der Waals surface area contributed by atoms with Gasteiger partial charge in [0.05, 0.1) is 6.10 Å². The van der Waals surface area contributed by atoms with Crippen molar-refractivity contribution in [2.24, 2.45) is 5.73 Å². The Labute approximate surface area is 79.4 Å². The molecule has 0 aliphatic heterocycles. The van der Waals surface area contributed by atoms with E-state index in [0.717, 1.165) is 5.56 Å². The Morgan fingerprint density at radius 1 is 1.23 bits per heavy atom. The van der Waals surface area contributed by atoms with E-state index in [9.17, 15) is 5.11 Å². The monoisotopic (exact) mass is 179 g/mol. The zero-order valence-corrected chi connectivity index (χ0v) is 8.25. The molecule has 0 saturated carbocycles. The molecule has 0 spiro atoms. The molecule has 1 unspecified atom stereocenters. The highest BCUT2D eigenvalue weighted by atomic mass is 16.3. The summed E-state index contributed by atoms with van der Waals surface area (Å²) < 4.78 is 0. The average molecular weight is 179 g/mol. The molecule has 0 fully saturated rings. The topological polar surface area (TPSA) is 46.2 Å². The minimum absolute atomic E-state index is 0.413. The van der Waals surface area contributed by atoms with Crippen molar-refractivity contribution in [2.45, 2.75) is 26.4 Å². The summed E-state index contributed by atoms with van der Waals surface area (Å²) in [7, 11) is 0. The molecule has 13 heavy (non-hydrogen) atoms. The van der Waals surface area contributed by atoms with Crippen LogP contribution in [0, 0.1) is 13.8 Å². The molecule has 0 bridgehead atoms. The minimum Gasteiger partial charge on any atom is -0.388 e. The van der Waals surface area contributed by atoms with Gasteiger partial charge in [-0.25, -0.2) is 0 Å². The summed E-state index contributed by atoms with van der Waals surface area (Å²) >= 11 is 0. The largest absolute Gasteiger partial charge is 0.388 e. The van der Waals surface area contributed by atoms with Gasteiger partial charge in [0.1, 0.15) is 0 Å². The van der Waals surface area contributed by atoms with Gasteiger partial charge in [-0.2, -0.15) is 0 Å². The van der Waals surface area contributed by atoms with E-state index in [1.165, 1.54) is 11.1 Å². The van der Waals surface area contributed by atoms with Gasteiger partial charge in [0.2, 0.25) is 0 Å². The van der Waals surface area contributed by atoms with Crippen molar-refractivity contribution < 1.29 is 5.11 Å². The molecule has 72 valence electrons. The summed E-state index contributed by atoms with van der Waals surface area (Å²) in [4.78, 5) is 0. The molecule has 0 aliphatic carbocycles. The van der Waals surface area contributed by atoms with E-state index >= 15 is 0 Å². The van der Waals surface area contributed by atoms with E-state index in [-0.39, 0.29) is 0 Å². The van der Waals surface area contributed by atoms with Crippen LogP contribution in [-0.4, -0.2) is 11.7 Å². The van der Waals surface area contributed by atoms with E-state index in [4.69, 9.17) is 5.73 Å². The summed E-state index contributed by atoms with van der Waals surface area (Å²) in [5, 5.41) is 9.69. The number of hydrogen-bond donors (Lipinski definition) is 2. The SMILES string of the molecule is Cc1cc(C)cc(C(O)CCN)c1. The van der Waals surface area contributed by atoms with E-state index in [1.54, 1.807) is 0 Å². The van der Waals surface area contributed by atoms with Crippen molar-refractivity contribution in [3.63, 3.8) is 0 Å². The normalized spacial score (nSPS) is 12.9. The maximum Gasteiger partial charge on any atom is 0.0802 e. The van der Waals surface area contributed by atoms with E-state index in [2.05, 4.69) is 6.07 Å². The highest BCUT2D eigenvalue weighted by molar-refractivity contribution is 5.29. The third-order valence-corrected chi connectivity index (χ3v) is 2.07. The van der Waals surface area contributed by atoms with Gasteiger partial charge in [-0.15, -0.1) is 0 Å². The maximum atomic E-state index is 9.69. The van der Waals surface area contributed by atoms with Crippen LogP contribution in [0.5, 0.6) is 0 Å². The van der Waals surface area contributed by atoms with E-state index < -0.39 is 6.10 Å². The van der Waals surface area contributed by atoms with Gasteiger partial charge in [-0.3, -0.25) is 0 Å². The molecular weight excluding hydrogens is 162 g/mol. The average Bonchev–Trinajstić information content (AvgIpc) is 2.03. The lowest BCUT2D eigenvalue weighted by Crippen LogP contribution is -2.07. The molecule has 0 heterocycles. The first-order valence-corrected chi connectivity index (χ1v) is 4.60. The van der Waals surface area contributed by atoms with Gasteiger partial charge >= 0.3 is 0 Å². The quantitative estimate of drug-likeness (QED) is 0.741. The van der Waals surface area contributed by atoms with Crippen LogP contribution in [0.1, 0.15) is 29.2 Å². The van der Waals surface area contributed by atoms with Crippen molar-refractivity contribution in [3.8, 4) is 0 Å². The number of aliphatic hydroxyl groups excluding tert-OH is 1. The molecule has 0 aromatic heterocycles. The Morgan fingerprint density at radius 2 is 1.77 bits per heavy atom. The van der Waals surface area contributed by atoms with Crippen molar-refractivity contribution >= 4 is 0 Å². The molecule has 1 atom stereocenters. The van der Waals surface area contributed by atoms with Crippen LogP contribution in [-0.2, 0) is 0 Å². The molecule has 1 aromatic carbocycles. The van der Waals surface area contributed by atoms with Crippen LogP contribution >= 0.6 is 0 Å². The zero-order valence-electron chi connectivity index (χ0n) is 8.25. The van der Waals surface area contributed by atoms with Crippen molar-refractivity contribution in [1.29, 1.82) is 0 Å². The Hall–Kier alpha value is -0.860. The number of rotatable bonds is 3. The molecule has 0 radical (unpaired) electrons. The van der Waals surface area contributed by atoms with Gasteiger partial charge < -0.3 is 10.8 Å². The molecule has 0 saturated heterocycles. The maximum absolute atomic E-state index is 9.69. The summed E-state index contributed by atoms with van der Waals surface area (Å²) in [6, 6.07) is 6.11. The predicted molar refractivity (Wildman–Crippen MR) is 54.5 cm³/mol. The van der Waals surface area contributed by atoms with Gasteiger partial charge in [0, 0.05) is 0 Å². The van der Waals surface area contributed by atoms with Gasteiger partial charge in [0.25, 0.3) is 0 Å². The fourth-order valence-electron chi connectivity index (χ4n) is 1.53. The third kappa shape index (κ3) is 2.83. The number of aliphatic hydroxyl groups is 1. The predicted octanol–water partition coefficient (Wildman–Crippen LogP) is 1.69. The number of aryl methyl sites for hydroxylation is 2. The summed E-state index contributed by atoms with van der Waals surface area (Å²) in [5.74, 6) is 0. The van der Waals surface area contributed by atoms with Crippen molar-refractivity contribution in [1.82, 2.24) is 0 Å². The third-order valence-electron chi connectivity index (χ3n) is 2.07. The highest BCUT2D eigenvalue weighted by Crippen LogP contribution is 2.18. The smallest absolute Gasteiger partial charge is 0.0802 e. The summed E-state index contributed by atoms with van der Waals surface area (Å²) in [5.41, 5.74) is 8.73. The molecule has 3 N–H and O–H groups in total. The number of nitrogens with two attached hydrogens (primary N) is 1. The lowest BCUT2D eigenvalue weighted by atomic mass is 10.0. The van der Waals surface area contributed by atoms with Gasteiger partial charge in [-0.1, -0.05) is 29.3 Å². The standard InChI is InChI=1S/C11H17NO/c1-8-5-9(2)7-10(6-8)11(13)3-4-12/h5-7,11,13H,3-4,12H2,1-2H3. The lowest BCUT2D eigenvalue weighted by molar-refractivity contribution is 0.170. The molecular formula is C11H17NO. The fraction of sp³-hybridized carbons (Fsp3) is 0.455. The van der Waals surface area contributed by atoms with Crippen LogP contribution in [0.15, 0.2) is 18.2 Å². The fourth-order valence-corrected chi connectivity index (χ4v) is 1.53. The zero-order chi connectivity index (χ0) is 9.84. The van der Waals surface area contributed by atoms with Crippen LogP contribution < -0.4 is 5.73 Å². The second-order valence-corrected chi connectivity index (χ2v) is 3.51. The molecule has 0 amide bonds. The lowest BCUT2D eigenvalue weighted by Gasteiger charge is -2.11. The summed E-state index contributed by atoms with van der Waals surface area (Å²) in [6.45, 7) is 4.59. The minimum atomic E-state index is -0.413. The van der Waals surface area contributed by atoms with Crippen LogP contribution in [0.25, 0.3) is 0 Å². The second kappa shape index (κ2) is 4.40. The first kappa shape index (κ1) is 10.2. The van der Waals surface area contributed by atoms with Crippen LogP contribution in [0.3, 0.4) is 0 Å². The van der Waals surface area contributed by atoms with E-state index in [1.807, 2.05) is 26.0 Å². The van der Waals surface area contributed by atoms with Gasteiger partial charge in [-0.05, 0) is 32.4 Å². The molecule has 1 aromatic rings. The first-order valence-electron chi connectivity index (χ1n) is 4.60. The Kier molecular flexibility index (Phi) is 3.46. The van der Waals surface area contributed by atoms with E-state index in [0.29, 0.717) is 13.0 Å². The second-order valence-electron chi connectivity index (χ2n) is 3.51.